The quantitative estimate of drug-likeness (QED) is 0.242. The zero-order chi connectivity index (χ0) is 23.4. The molecule has 0 saturated heterocycles. The zero-order valence-corrected chi connectivity index (χ0v) is 18.7. The molecule has 166 valence electrons. The first-order valence-corrected chi connectivity index (χ1v) is 11.0. The lowest BCUT2D eigenvalue weighted by atomic mass is 10.2. The molecule has 10 heteroatoms. The molecule has 0 unspecified atom stereocenters. The van der Waals surface area contributed by atoms with Gasteiger partial charge in [-0.1, -0.05) is 36.0 Å². The second-order valence-electron chi connectivity index (χ2n) is 7.22. The van der Waals surface area contributed by atoms with Crippen LogP contribution in [0.2, 0.25) is 0 Å². The highest BCUT2D eigenvalue weighted by molar-refractivity contribution is 8.00. The molecular formula is C23H20N6O3S. The van der Waals surface area contributed by atoms with E-state index >= 15 is 0 Å². The van der Waals surface area contributed by atoms with Crippen molar-refractivity contribution >= 4 is 29.0 Å². The SMILES string of the molecule is Cc1ccc([N+](=O)[O-])cc1NC(=O)[C@H](C)Sc1nnc(-c2cccnc2)n1-c1ccccc1. The van der Waals surface area contributed by atoms with E-state index in [2.05, 4.69) is 20.5 Å². The molecule has 33 heavy (non-hydrogen) atoms. The summed E-state index contributed by atoms with van der Waals surface area (Å²) in [5.41, 5.74) is 2.71. The van der Waals surface area contributed by atoms with E-state index < -0.39 is 10.2 Å². The third-order valence-corrected chi connectivity index (χ3v) is 5.95. The Balaban J connectivity index is 1.61. The third-order valence-electron chi connectivity index (χ3n) is 4.91. The largest absolute Gasteiger partial charge is 0.325 e. The number of hydrogen-bond acceptors (Lipinski definition) is 7. The predicted octanol–water partition coefficient (Wildman–Crippen LogP) is 4.67. The van der Waals surface area contributed by atoms with Crippen LogP contribution in [0.15, 0.2) is 78.2 Å². The fraction of sp³-hybridized carbons (Fsp3) is 0.130. The molecule has 0 spiro atoms. The standard InChI is InChI=1S/C23H20N6O3S/c1-15-10-11-19(29(31)32)13-20(15)25-22(30)16(2)33-23-27-26-21(17-7-6-12-24-14-17)28(23)18-8-4-3-5-9-18/h3-14,16H,1-2H3,(H,25,30)/t16-/m0/s1. The average molecular weight is 461 g/mol. The van der Waals surface area contributed by atoms with Crippen LogP contribution in [0.1, 0.15) is 12.5 Å². The highest BCUT2D eigenvalue weighted by atomic mass is 32.2. The Morgan fingerprint density at radius 3 is 2.61 bits per heavy atom. The van der Waals surface area contributed by atoms with Crippen LogP contribution < -0.4 is 5.32 Å². The third kappa shape index (κ3) is 4.90. The van der Waals surface area contributed by atoms with Gasteiger partial charge in [0, 0.05) is 35.8 Å². The van der Waals surface area contributed by atoms with Crippen LogP contribution >= 0.6 is 11.8 Å². The fourth-order valence-electron chi connectivity index (χ4n) is 3.14. The Kier molecular flexibility index (Phi) is 6.45. The van der Waals surface area contributed by atoms with Crippen molar-refractivity contribution in [3.05, 3.63) is 88.7 Å². The van der Waals surface area contributed by atoms with Gasteiger partial charge in [-0.3, -0.25) is 24.5 Å². The van der Waals surface area contributed by atoms with E-state index in [-0.39, 0.29) is 11.6 Å². The van der Waals surface area contributed by atoms with E-state index in [1.807, 2.05) is 47.0 Å². The van der Waals surface area contributed by atoms with Gasteiger partial charge >= 0.3 is 0 Å². The average Bonchev–Trinajstić information content (AvgIpc) is 3.24. The Hall–Kier alpha value is -4.05. The molecular weight excluding hydrogens is 440 g/mol. The van der Waals surface area contributed by atoms with Crippen molar-refractivity contribution in [1.29, 1.82) is 0 Å². The summed E-state index contributed by atoms with van der Waals surface area (Å²) in [7, 11) is 0. The van der Waals surface area contributed by atoms with Crippen molar-refractivity contribution in [2.45, 2.75) is 24.3 Å². The summed E-state index contributed by atoms with van der Waals surface area (Å²) >= 11 is 1.25. The molecule has 0 aliphatic carbocycles. The monoisotopic (exact) mass is 460 g/mol. The minimum absolute atomic E-state index is 0.0823. The van der Waals surface area contributed by atoms with E-state index in [1.165, 1.54) is 23.9 Å². The Bertz CT molecular complexity index is 1290. The molecule has 0 aliphatic rings. The minimum Gasteiger partial charge on any atom is -0.325 e. The summed E-state index contributed by atoms with van der Waals surface area (Å²) in [6.07, 6.45) is 3.39. The summed E-state index contributed by atoms with van der Waals surface area (Å²) in [4.78, 5) is 27.7. The number of nitro groups is 1. The lowest BCUT2D eigenvalue weighted by Gasteiger charge is -2.15. The number of nitrogens with zero attached hydrogens (tertiary/aromatic N) is 5. The van der Waals surface area contributed by atoms with Gasteiger partial charge in [0.05, 0.1) is 15.9 Å². The van der Waals surface area contributed by atoms with Crippen LogP contribution in [0, 0.1) is 17.0 Å². The van der Waals surface area contributed by atoms with Crippen LogP contribution in [0.25, 0.3) is 17.1 Å². The van der Waals surface area contributed by atoms with Crippen molar-refractivity contribution in [3.63, 3.8) is 0 Å². The smallest absolute Gasteiger partial charge is 0.271 e. The summed E-state index contributed by atoms with van der Waals surface area (Å²) in [5, 5.41) is 22.6. The first kappa shape index (κ1) is 22.2. The normalized spacial score (nSPS) is 11.7. The molecule has 0 bridgehead atoms. The minimum atomic E-state index is -0.544. The van der Waals surface area contributed by atoms with Crippen molar-refractivity contribution in [3.8, 4) is 17.1 Å². The van der Waals surface area contributed by atoms with E-state index in [1.54, 1.807) is 32.3 Å². The first-order chi connectivity index (χ1) is 15.9. The summed E-state index contributed by atoms with van der Waals surface area (Å²) in [5.74, 6) is 0.313. The number of anilines is 1. The highest BCUT2D eigenvalue weighted by Gasteiger charge is 2.23. The number of amides is 1. The highest BCUT2D eigenvalue weighted by Crippen LogP contribution is 2.31. The van der Waals surface area contributed by atoms with E-state index in [0.29, 0.717) is 16.7 Å². The van der Waals surface area contributed by atoms with E-state index in [9.17, 15) is 14.9 Å². The molecule has 2 heterocycles. The molecule has 1 atom stereocenters. The van der Waals surface area contributed by atoms with Crippen LogP contribution in [0.3, 0.4) is 0 Å². The number of non-ortho nitro benzene ring substituents is 1. The van der Waals surface area contributed by atoms with Crippen molar-refractivity contribution in [2.75, 3.05) is 5.32 Å². The molecule has 4 aromatic rings. The summed E-state index contributed by atoms with van der Waals surface area (Å²) < 4.78 is 1.88. The number of nitro benzene ring substituents is 1. The number of carbonyl (C=O) groups is 1. The van der Waals surface area contributed by atoms with Gasteiger partial charge in [-0.25, -0.2) is 0 Å². The van der Waals surface area contributed by atoms with Crippen LogP contribution in [0.5, 0.6) is 0 Å². The molecule has 0 aliphatic heterocycles. The maximum absolute atomic E-state index is 12.9. The number of para-hydroxylation sites is 1. The summed E-state index contributed by atoms with van der Waals surface area (Å²) in [6.45, 7) is 3.53. The van der Waals surface area contributed by atoms with Gasteiger partial charge < -0.3 is 5.32 Å². The number of carbonyl (C=O) groups excluding carboxylic acids is 1. The topological polar surface area (TPSA) is 116 Å². The Morgan fingerprint density at radius 1 is 1.12 bits per heavy atom. The van der Waals surface area contributed by atoms with Gasteiger partial charge in [0.1, 0.15) is 0 Å². The van der Waals surface area contributed by atoms with Gasteiger partial charge in [-0.15, -0.1) is 10.2 Å². The number of nitrogens with one attached hydrogen (secondary N) is 1. The molecule has 1 amide bonds. The fourth-order valence-corrected chi connectivity index (χ4v) is 4.01. The first-order valence-electron chi connectivity index (χ1n) is 10.1. The van der Waals surface area contributed by atoms with Crippen LogP contribution in [-0.4, -0.2) is 35.8 Å². The molecule has 1 N–H and O–H groups in total. The van der Waals surface area contributed by atoms with Gasteiger partial charge in [-0.2, -0.15) is 0 Å². The lowest BCUT2D eigenvalue weighted by Crippen LogP contribution is -2.23. The van der Waals surface area contributed by atoms with E-state index in [0.717, 1.165) is 16.8 Å². The molecule has 0 radical (unpaired) electrons. The zero-order valence-electron chi connectivity index (χ0n) is 17.9. The van der Waals surface area contributed by atoms with Crippen LogP contribution in [0.4, 0.5) is 11.4 Å². The Labute approximate surface area is 194 Å². The van der Waals surface area contributed by atoms with E-state index in [4.69, 9.17) is 0 Å². The predicted molar refractivity (Wildman–Crippen MR) is 126 cm³/mol. The molecule has 0 saturated carbocycles. The Morgan fingerprint density at radius 2 is 1.91 bits per heavy atom. The summed E-state index contributed by atoms with van der Waals surface area (Å²) in [6, 6.07) is 17.7. The maximum atomic E-state index is 12.9. The maximum Gasteiger partial charge on any atom is 0.271 e. The number of rotatable bonds is 7. The molecule has 9 nitrogen and oxygen atoms in total. The molecule has 0 fully saturated rings. The van der Waals surface area contributed by atoms with Crippen molar-refractivity contribution in [1.82, 2.24) is 19.7 Å². The number of pyridine rings is 1. The second-order valence-corrected chi connectivity index (χ2v) is 8.53. The van der Waals surface area contributed by atoms with Gasteiger partial charge in [0.2, 0.25) is 5.91 Å². The number of aromatic nitrogens is 4. The number of thioether (sulfide) groups is 1. The second kappa shape index (κ2) is 9.61. The number of hydrogen-bond donors (Lipinski definition) is 1. The lowest BCUT2D eigenvalue weighted by molar-refractivity contribution is -0.384. The van der Waals surface area contributed by atoms with Gasteiger partial charge in [0.15, 0.2) is 11.0 Å². The van der Waals surface area contributed by atoms with Crippen molar-refractivity contribution < 1.29 is 9.72 Å². The number of benzene rings is 2. The molecule has 2 aromatic heterocycles. The number of aryl methyl sites for hydroxylation is 1. The van der Waals surface area contributed by atoms with Crippen molar-refractivity contribution in [2.24, 2.45) is 0 Å². The molecule has 2 aromatic carbocycles. The van der Waals surface area contributed by atoms with Crippen LogP contribution in [-0.2, 0) is 4.79 Å². The molecule has 4 rings (SSSR count). The van der Waals surface area contributed by atoms with Gasteiger partial charge in [-0.05, 0) is 43.7 Å². The van der Waals surface area contributed by atoms with Gasteiger partial charge in [0.25, 0.3) is 5.69 Å².